The zero-order valence-electron chi connectivity index (χ0n) is 13.9. The minimum atomic E-state index is -3.23. The molecule has 1 aromatic rings. The van der Waals surface area contributed by atoms with Gasteiger partial charge in [0.05, 0.1) is 5.75 Å². The highest BCUT2D eigenvalue weighted by Gasteiger charge is 2.17. The number of ether oxygens (including phenoxy) is 1. The summed E-state index contributed by atoms with van der Waals surface area (Å²) in [6, 6.07) is 9.09. The third kappa shape index (κ3) is 7.56. The largest absolute Gasteiger partial charge is 0.443 e. The number of hydrogen-bond donors (Lipinski definition) is 2. The van der Waals surface area contributed by atoms with Crippen LogP contribution in [0.25, 0.3) is 0 Å². The summed E-state index contributed by atoms with van der Waals surface area (Å²) in [5, 5.41) is 8.76. The first-order valence-electron chi connectivity index (χ1n) is 7.76. The first kappa shape index (κ1) is 20.1. The van der Waals surface area contributed by atoms with E-state index in [1.807, 2.05) is 18.2 Å². The van der Waals surface area contributed by atoms with Gasteiger partial charge in [0.1, 0.15) is 16.0 Å². The standard InChI is InChI=1S/C16H24N2O5S/c1-13(15-9-5-3-6-10-15)23-16(21)18-24(22,17-14(2)20)12-8-4-7-11-19/h3,5-6,9-10,13,19H,4,7-8,11-12H2,1-2H3,(H,17,18,20,21,22)/t13-,24?/m0/s1. The Kier molecular flexibility index (Phi) is 8.42. The van der Waals surface area contributed by atoms with Crippen LogP contribution in [0.4, 0.5) is 4.79 Å². The highest BCUT2D eigenvalue weighted by molar-refractivity contribution is 7.92. The molecule has 134 valence electrons. The summed E-state index contributed by atoms with van der Waals surface area (Å²) in [6.07, 6.45) is 0.124. The first-order valence-corrected chi connectivity index (χ1v) is 9.44. The minimum Gasteiger partial charge on any atom is -0.440 e. The summed E-state index contributed by atoms with van der Waals surface area (Å²) in [5.41, 5.74) is 0.787. The zero-order valence-corrected chi connectivity index (χ0v) is 14.8. The van der Waals surface area contributed by atoms with Crippen LogP contribution in [-0.4, -0.2) is 33.7 Å². The summed E-state index contributed by atoms with van der Waals surface area (Å²) >= 11 is 0. The Morgan fingerprint density at radius 3 is 2.50 bits per heavy atom. The lowest BCUT2D eigenvalue weighted by atomic mass is 10.1. The Balaban J connectivity index is 2.78. The van der Waals surface area contributed by atoms with Gasteiger partial charge in [-0.25, -0.2) is 9.00 Å². The highest BCUT2D eigenvalue weighted by atomic mass is 32.2. The van der Waals surface area contributed by atoms with Gasteiger partial charge in [0.15, 0.2) is 0 Å². The van der Waals surface area contributed by atoms with Crippen LogP contribution in [0.5, 0.6) is 0 Å². The number of hydrogen-bond acceptors (Lipinski definition) is 5. The molecule has 0 aliphatic carbocycles. The van der Waals surface area contributed by atoms with E-state index in [9.17, 15) is 13.8 Å². The van der Waals surface area contributed by atoms with E-state index in [2.05, 4.69) is 9.08 Å². The van der Waals surface area contributed by atoms with E-state index in [4.69, 9.17) is 9.84 Å². The fraction of sp³-hybridized carbons (Fsp3) is 0.500. The number of benzene rings is 1. The number of aliphatic hydroxyl groups is 1. The normalized spacial score (nSPS) is 14.3. The molecule has 1 unspecified atom stereocenters. The quantitative estimate of drug-likeness (QED) is 0.697. The minimum absolute atomic E-state index is 0.0292. The Morgan fingerprint density at radius 1 is 1.25 bits per heavy atom. The van der Waals surface area contributed by atoms with Crippen LogP contribution in [-0.2, 0) is 19.4 Å². The van der Waals surface area contributed by atoms with E-state index in [0.29, 0.717) is 19.3 Å². The van der Waals surface area contributed by atoms with Crippen LogP contribution in [0.15, 0.2) is 34.7 Å². The van der Waals surface area contributed by atoms with Crippen molar-refractivity contribution in [1.29, 1.82) is 0 Å². The molecule has 8 heteroatoms. The fourth-order valence-corrected chi connectivity index (χ4v) is 3.58. The van der Waals surface area contributed by atoms with Crippen molar-refractivity contribution < 1.29 is 23.6 Å². The van der Waals surface area contributed by atoms with E-state index in [0.717, 1.165) is 5.56 Å². The smallest absolute Gasteiger partial charge is 0.440 e. The number of amides is 2. The lowest BCUT2D eigenvalue weighted by Gasteiger charge is -2.13. The number of nitrogens with zero attached hydrogens (tertiary/aromatic N) is 1. The number of rotatable bonds is 8. The molecule has 0 saturated heterocycles. The molecule has 0 heterocycles. The molecule has 2 atom stereocenters. The van der Waals surface area contributed by atoms with Crippen LogP contribution < -0.4 is 4.72 Å². The molecule has 0 bridgehead atoms. The molecule has 0 radical (unpaired) electrons. The molecule has 0 saturated carbocycles. The maximum absolute atomic E-state index is 12.6. The van der Waals surface area contributed by atoms with Gasteiger partial charge in [0.25, 0.3) is 0 Å². The number of nitrogens with one attached hydrogen (secondary N) is 1. The van der Waals surface area contributed by atoms with Gasteiger partial charge in [-0.2, -0.15) is 0 Å². The molecular weight excluding hydrogens is 332 g/mol. The molecule has 1 aromatic carbocycles. The Morgan fingerprint density at radius 2 is 1.92 bits per heavy atom. The van der Waals surface area contributed by atoms with Gasteiger partial charge in [-0.15, -0.1) is 4.36 Å². The second kappa shape index (κ2) is 10.0. The van der Waals surface area contributed by atoms with E-state index in [-0.39, 0.29) is 12.4 Å². The van der Waals surface area contributed by atoms with Crippen molar-refractivity contribution in [2.24, 2.45) is 4.36 Å². The van der Waals surface area contributed by atoms with Crippen LogP contribution in [0.1, 0.15) is 44.8 Å². The first-order chi connectivity index (χ1) is 11.4. The number of unbranched alkanes of at least 4 members (excludes halogenated alkanes) is 2. The Bertz CT molecular complexity index is 654. The van der Waals surface area contributed by atoms with E-state index >= 15 is 0 Å². The fourth-order valence-electron chi connectivity index (χ4n) is 2.02. The van der Waals surface area contributed by atoms with Crippen LogP contribution in [0, 0.1) is 0 Å². The van der Waals surface area contributed by atoms with E-state index in [1.54, 1.807) is 19.1 Å². The van der Waals surface area contributed by atoms with Gasteiger partial charge >= 0.3 is 6.09 Å². The topological polar surface area (TPSA) is 105 Å². The number of carbonyl (C=O) groups excluding carboxylic acids is 2. The van der Waals surface area contributed by atoms with Crippen molar-refractivity contribution >= 4 is 21.9 Å². The van der Waals surface area contributed by atoms with Crippen molar-refractivity contribution in [1.82, 2.24) is 4.72 Å². The van der Waals surface area contributed by atoms with Crippen molar-refractivity contribution in [3.63, 3.8) is 0 Å². The molecular formula is C16H24N2O5S. The van der Waals surface area contributed by atoms with Gasteiger partial charge in [-0.3, -0.25) is 9.52 Å². The molecule has 0 spiro atoms. The second-order valence-electron chi connectivity index (χ2n) is 5.32. The summed E-state index contributed by atoms with van der Waals surface area (Å²) in [5.74, 6) is -0.503. The molecule has 0 aliphatic rings. The maximum atomic E-state index is 12.6. The third-order valence-corrected chi connectivity index (χ3v) is 5.04. The molecule has 2 amide bonds. The second-order valence-corrected chi connectivity index (χ2v) is 7.39. The summed E-state index contributed by atoms with van der Waals surface area (Å²) < 4.78 is 23.6. The van der Waals surface area contributed by atoms with E-state index < -0.39 is 28.0 Å². The van der Waals surface area contributed by atoms with Crippen LogP contribution >= 0.6 is 0 Å². The molecule has 2 N–H and O–H groups in total. The van der Waals surface area contributed by atoms with Crippen molar-refractivity contribution in [2.75, 3.05) is 12.4 Å². The zero-order chi connectivity index (χ0) is 18.0. The molecule has 0 aromatic heterocycles. The molecule has 0 aliphatic heterocycles. The van der Waals surface area contributed by atoms with Crippen molar-refractivity contribution in [3.8, 4) is 0 Å². The summed E-state index contributed by atoms with van der Waals surface area (Å²) in [6.45, 7) is 2.93. The molecule has 24 heavy (non-hydrogen) atoms. The monoisotopic (exact) mass is 356 g/mol. The van der Waals surface area contributed by atoms with Crippen molar-refractivity contribution in [2.45, 2.75) is 39.2 Å². The number of aliphatic hydroxyl groups excluding tert-OH is 1. The summed E-state index contributed by atoms with van der Waals surface area (Å²) in [7, 11) is -3.23. The maximum Gasteiger partial charge on any atom is 0.443 e. The average Bonchev–Trinajstić information content (AvgIpc) is 2.51. The predicted molar refractivity (Wildman–Crippen MR) is 91.5 cm³/mol. The van der Waals surface area contributed by atoms with Gasteiger partial charge in [0, 0.05) is 13.5 Å². The summed E-state index contributed by atoms with van der Waals surface area (Å²) in [4.78, 5) is 23.2. The number of carbonyl (C=O) groups is 2. The Labute approximate surface area is 142 Å². The predicted octanol–water partition coefficient (Wildman–Crippen LogP) is 2.57. The van der Waals surface area contributed by atoms with E-state index in [1.165, 1.54) is 6.92 Å². The molecule has 0 fully saturated rings. The van der Waals surface area contributed by atoms with Crippen molar-refractivity contribution in [3.05, 3.63) is 35.9 Å². The lowest BCUT2D eigenvalue weighted by molar-refractivity contribution is -0.117. The SMILES string of the molecule is CC(=O)NS(=O)(CCCCCO)=NC(=O)O[C@@H](C)c1ccccc1. The van der Waals surface area contributed by atoms with Gasteiger partial charge < -0.3 is 9.84 Å². The molecule has 7 nitrogen and oxygen atoms in total. The lowest BCUT2D eigenvalue weighted by Crippen LogP contribution is -2.31. The van der Waals surface area contributed by atoms with Crippen LogP contribution in [0.3, 0.4) is 0 Å². The van der Waals surface area contributed by atoms with Gasteiger partial charge in [-0.05, 0) is 25.3 Å². The van der Waals surface area contributed by atoms with Crippen LogP contribution in [0.2, 0.25) is 0 Å². The Hall–Kier alpha value is -1.93. The van der Waals surface area contributed by atoms with Gasteiger partial charge in [0.2, 0.25) is 5.91 Å². The molecule has 1 rings (SSSR count). The third-order valence-electron chi connectivity index (χ3n) is 3.15. The van der Waals surface area contributed by atoms with Gasteiger partial charge in [-0.1, -0.05) is 36.8 Å². The average molecular weight is 356 g/mol. The highest BCUT2D eigenvalue weighted by Crippen LogP contribution is 2.17.